The van der Waals surface area contributed by atoms with Crippen molar-refractivity contribution < 1.29 is 24.3 Å². The Labute approximate surface area is 328 Å². The highest BCUT2D eigenvalue weighted by Crippen LogP contribution is 2.30. The summed E-state index contributed by atoms with van der Waals surface area (Å²) in [6.07, 6.45) is 11.0. The van der Waals surface area contributed by atoms with Gasteiger partial charge in [-0.05, 0) is 106 Å². The number of aryl methyl sites for hydroxylation is 4. The molecule has 0 aliphatic heterocycles. The molecule has 0 bridgehead atoms. The summed E-state index contributed by atoms with van der Waals surface area (Å²) in [7, 11) is 0. The molecule has 16 heteroatoms. The maximum atomic E-state index is 12.5. The highest BCUT2D eigenvalue weighted by Gasteiger charge is 2.26. The molecule has 57 heavy (non-hydrogen) atoms. The van der Waals surface area contributed by atoms with E-state index in [-0.39, 0.29) is 29.3 Å². The van der Waals surface area contributed by atoms with Crippen LogP contribution >= 0.6 is 0 Å². The zero-order chi connectivity index (χ0) is 40.4. The molecule has 2 saturated carbocycles. The van der Waals surface area contributed by atoms with Crippen LogP contribution in [-0.4, -0.2) is 76.6 Å². The van der Waals surface area contributed by atoms with Gasteiger partial charge in [-0.25, -0.2) is 23.8 Å². The quantitative estimate of drug-likeness (QED) is 0.0876. The summed E-state index contributed by atoms with van der Waals surface area (Å²) in [6, 6.07) is 11.6. The van der Waals surface area contributed by atoms with Gasteiger partial charge >= 0.3 is 5.97 Å². The lowest BCUT2D eigenvalue weighted by molar-refractivity contribution is 0.0695. The topological polar surface area (TPSA) is 209 Å². The fraction of sp³-hybridized carbons (Fsp3) is 0.317. The number of fused-ring (bicyclic) bond motifs is 2. The summed E-state index contributed by atoms with van der Waals surface area (Å²) in [5.41, 5.74) is 8.05. The molecule has 4 heterocycles. The van der Waals surface area contributed by atoms with Crippen molar-refractivity contribution in [2.45, 2.75) is 78.8 Å². The second kappa shape index (κ2) is 16.1. The number of amides is 3. The van der Waals surface area contributed by atoms with Crippen LogP contribution in [0.1, 0.15) is 103 Å². The molecule has 2 aromatic carbocycles. The van der Waals surface area contributed by atoms with E-state index < -0.39 is 5.97 Å². The molecular formula is C41H45N11O5. The van der Waals surface area contributed by atoms with E-state index in [4.69, 9.17) is 0 Å². The van der Waals surface area contributed by atoms with Crippen molar-refractivity contribution in [3.05, 3.63) is 106 Å². The van der Waals surface area contributed by atoms with Crippen LogP contribution in [0.2, 0.25) is 0 Å². The first-order valence-electron chi connectivity index (χ1n) is 19.0. The number of aromatic carboxylic acids is 1. The predicted octanol–water partition coefficient (Wildman–Crippen LogP) is 5.80. The maximum Gasteiger partial charge on any atom is 0.337 e. The number of rotatable bonds is 12. The first kappa shape index (κ1) is 38.4. The van der Waals surface area contributed by atoms with E-state index in [9.17, 15) is 24.3 Å². The number of hydrogen-bond acceptors (Lipinski definition) is 10. The van der Waals surface area contributed by atoms with Gasteiger partial charge in [0.1, 0.15) is 23.7 Å². The Morgan fingerprint density at radius 3 is 1.58 bits per heavy atom. The summed E-state index contributed by atoms with van der Waals surface area (Å²) >= 11 is 0. The molecule has 8 rings (SSSR count). The summed E-state index contributed by atoms with van der Waals surface area (Å²) in [5, 5.41) is 33.1. The van der Waals surface area contributed by atoms with Gasteiger partial charge in [0.25, 0.3) is 17.7 Å². The average Bonchev–Trinajstić information content (AvgIpc) is 4.13. The maximum absolute atomic E-state index is 12.5. The molecule has 0 atom stereocenters. The van der Waals surface area contributed by atoms with Crippen molar-refractivity contribution in [1.82, 2.24) is 45.1 Å². The molecule has 2 fully saturated rings. The van der Waals surface area contributed by atoms with Crippen molar-refractivity contribution in [2.75, 3.05) is 17.2 Å². The standard InChI is InChI=1S/C22H26N6O2.C19H19N5O3/c1-4-9-23-22(30)17-11-28-19(14(17)3)20(24-12-25-28)27-18-10-15(6-5-13(18)2)21(29)26-16-7-8-16;1-10-3-4-12(18(25)22-13-5-6-13)7-15(10)23-17-16-11(2)14(19(26)27)8-24(16)21-9-20-17/h5-6,10-12,16H,4,7-9H2,1-3H3,(H,23,30)(H,26,29)(H,24,25,27);3-4,7-9,13H,5-6H2,1-2H3,(H,22,25)(H,26,27)(H,20,21,23). The van der Waals surface area contributed by atoms with Gasteiger partial charge in [0.05, 0.1) is 11.1 Å². The van der Waals surface area contributed by atoms with Crippen LogP contribution in [0.3, 0.4) is 0 Å². The van der Waals surface area contributed by atoms with E-state index in [1.807, 2.05) is 52.0 Å². The van der Waals surface area contributed by atoms with Gasteiger partial charge in [-0.2, -0.15) is 10.2 Å². The van der Waals surface area contributed by atoms with Gasteiger partial charge < -0.3 is 31.7 Å². The van der Waals surface area contributed by atoms with E-state index >= 15 is 0 Å². The molecule has 2 aliphatic rings. The second-order valence-corrected chi connectivity index (χ2v) is 14.5. The van der Waals surface area contributed by atoms with E-state index in [1.165, 1.54) is 23.4 Å². The number of nitrogens with zero attached hydrogens (tertiary/aromatic N) is 6. The van der Waals surface area contributed by atoms with Crippen LogP contribution in [0.15, 0.2) is 61.4 Å². The summed E-state index contributed by atoms with van der Waals surface area (Å²) in [6.45, 7) is 10.1. The van der Waals surface area contributed by atoms with Crippen molar-refractivity contribution in [2.24, 2.45) is 0 Å². The normalized spacial score (nSPS) is 13.4. The molecule has 0 radical (unpaired) electrons. The molecule has 0 spiro atoms. The van der Waals surface area contributed by atoms with Crippen LogP contribution in [0.25, 0.3) is 11.0 Å². The van der Waals surface area contributed by atoms with Crippen molar-refractivity contribution in [1.29, 1.82) is 0 Å². The Bertz CT molecular complexity index is 2530. The lowest BCUT2D eigenvalue weighted by Crippen LogP contribution is -2.25. The first-order valence-corrected chi connectivity index (χ1v) is 19.0. The number of carbonyl (C=O) groups is 4. The number of carbonyl (C=O) groups excluding carboxylic acids is 3. The fourth-order valence-corrected chi connectivity index (χ4v) is 6.33. The third kappa shape index (κ3) is 8.54. The van der Waals surface area contributed by atoms with Crippen molar-refractivity contribution >= 4 is 57.7 Å². The highest BCUT2D eigenvalue weighted by atomic mass is 16.4. The minimum absolute atomic E-state index is 0.0675. The number of aromatic nitrogens is 6. The Morgan fingerprint density at radius 1 is 0.684 bits per heavy atom. The molecule has 2 aliphatic carbocycles. The van der Waals surface area contributed by atoms with Gasteiger partial charge in [0.2, 0.25) is 0 Å². The molecule has 16 nitrogen and oxygen atoms in total. The molecule has 3 amide bonds. The largest absolute Gasteiger partial charge is 0.478 e. The number of hydrogen-bond donors (Lipinski definition) is 6. The van der Waals surface area contributed by atoms with Crippen LogP contribution in [0.4, 0.5) is 23.0 Å². The summed E-state index contributed by atoms with van der Waals surface area (Å²) in [5.74, 6) is -0.236. The molecule has 294 valence electrons. The number of nitrogens with one attached hydrogen (secondary N) is 5. The van der Waals surface area contributed by atoms with E-state index in [0.717, 1.165) is 65.7 Å². The van der Waals surface area contributed by atoms with E-state index in [2.05, 4.69) is 46.7 Å². The minimum atomic E-state index is -1.01. The highest BCUT2D eigenvalue weighted by molar-refractivity contribution is 6.00. The number of carboxylic acids is 1. The smallest absolute Gasteiger partial charge is 0.337 e. The third-order valence-corrected chi connectivity index (χ3v) is 10.00. The van der Waals surface area contributed by atoms with Crippen LogP contribution < -0.4 is 26.6 Å². The van der Waals surface area contributed by atoms with Gasteiger partial charge in [-0.15, -0.1) is 0 Å². The molecule has 4 aromatic heterocycles. The van der Waals surface area contributed by atoms with Crippen molar-refractivity contribution in [3.63, 3.8) is 0 Å². The van der Waals surface area contributed by atoms with E-state index in [0.29, 0.717) is 52.0 Å². The second-order valence-electron chi connectivity index (χ2n) is 14.5. The Hall–Kier alpha value is -6.84. The van der Waals surface area contributed by atoms with Gasteiger partial charge in [-0.3, -0.25) is 14.4 Å². The molecular weight excluding hydrogens is 727 g/mol. The van der Waals surface area contributed by atoms with Gasteiger partial charge in [-0.1, -0.05) is 19.1 Å². The Morgan fingerprint density at radius 2 is 1.14 bits per heavy atom. The van der Waals surface area contributed by atoms with Crippen LogP contribution in [0.5, 0.6) is 0 Å². The lowest BCUT2D eigenvalue weighted by Gasteiger charge is -2.12. The Balaban J connectivity index is 0.000000175. The van der Waals surface area contributed by atoms with Gasteiger partial charge in [0.15, 0.2) is 11.6 Å². The average molecular weight is 772 g/mol. The SMILES string of the molecule is CCCNC(=O)c1cn2ncnc(Nc3cc(C(=O)NC4CC4)ccc3C)c2c1C.Cc1ccc(C(=O)NC2CC2)cc1Nc1ncnn2cc(C(=O)O)c(C)c12. The van der Waals surface area contributed by atoms with Crippen LogP contribution in [-0.2, 0) is 0 Å². The fourth-order valence-electron chi connectivity index (χ4n) is 6.33. The summed E-state index contributed by atoms with van der Waals surface area (Å²) in [4.78, 5) is 57.3. The molecule has 0 unspecified atom stereocenters. The number of benzene rings is 2. The lowest BCUT2D eigenvalue weighted by atomic mass is 10.1. The molecule has 6 aromatic rings. The number of carboxylic acid groups (broad SMARTS) is 1. The van der Waals surface area contributed by atoms with E-state index in [1.54, 1.807) is 29.8 Å². The Kier molecular flexibility index (Phi) is 10.9. The predicted molar refractivity (Wildman–Crippen MR) is 215 cm³/mol. The third-order valence-electron chi connectivity index (χ3n) is 10.00. The monoisotopic (exact) mass is 771 g/mol. The molecule has 6 N–H and O–H groups in total. The summed E-state index contributed by atoms with van der Waals surface area (Å²) < 4.78 is 3.15. The van der Waals surface area contributed by atoms with Crippen molar-refractivity contribution in [3.8, 4) is 0 Å². The zero-order valence-corrected chi connectivity index (χ0v) is 32.4. The zero-order valence-electron chi connectivity index (χ0n) is 32.4. The van der Waals surface area contributed by atoms with Crippen LogP contribution in [0, 0.1) is 27.7 Å². The minimum Gasteiger partial charge on any atom is -0.478 e. The molecule has 0 saturated heterocycles. The van der Waals surface area contributed by atoms with Gasteiger partial charge in [0, 0.05) is 53.5 Å². The first-order chi connectivity index (χ1) is 27.4. The number of anilines is 4.